The monoisotopic (exact) mass is 539 g/mol. The molecule has 5 rings (SSSR count). The summed E-state index contributed by atoms with van der Waals surface area (Å²) >= 11 is 5.95. The highest BCUT2D eigenvalue weighted by Gasteiger charge is 2.42. The Morgan fingerprint density at radius 1 is 1.03 bits per heavy atom. The lowest BCUT2D eigenvalue weighted by atomic mass is 9.96. The summed E-state index contributed by atoms with van der Waals surface area (Å²) < 4.78 is 7.28. The van der Waals surface area contributed by atoms with E-state index in [0.29, 0.717) is 5.11 Å². The second-order valence-electron chi connectivity index (χ2n) is 9.93. The van der Waals surface area contributed by atoms with Crippen LogP contribution < -0.4 is 15.5 Å². The molecule has 1 aliphatic heterocycles. The van der Waals surface area contributed by atoms with E-state index in [1.54, 1.807) is 0 Å². The number of aromatic nitrogens is 2. The number of benzene rings is 2. The number of hydrogen-bond acceptors (Lipinski definition) is 4. The zero-order chi connectivity index (χ0) is 27.7. The quantitative estimate of drug-likeness (QED) is 0.286. The van der Waals surface area contributed by atoms with Crippen molar-refractivity contribution in [1.82, 2.24) is 14.9 Å². The number of carbonyl (C=O) groups excluding carboxylic acids is 1. The molecule has 2 aromatic heterocycles. The number of aryl methyl sites for hydroxylation is 3. The van der Waals surface area contributed by atoms with Crippen LogP contribution in [0.15, 0.2) is 72.9 Å². The Morgan fingerprint density at radius 3 is 2.49 bits per heavy atom. The van der Waals surface area contributed by atoms with Gasteiger partial charge >= 0.3 is 0 Å². The van der Waals surface area contributed by atoms with Crippen molar-refractivity contribution in [2.45, 2.75) is 39.8 Å². The van der Waals surface area contributed by atoms with Crippen LogP contribution in [0.25, 0.3) is 5.69 Å². The van der Waals surface area contributed by atoms with Crippen LogP contribution in [0.5, 0.6) is 0 Å². The van der Waals surface area contributed by atoms with Gasteiger partial charge < -0.3 is 24.8 Å². The minimum absolute atomic E-state index is 0.00561. The molecule has 0 saturated carbocycles. The van der Waals surface area contributed by atoms with E-state index in [1.165, 1.54) is 23.9 Å². The highest BCUT2D eigenvalue weighted by Crippen LogP contribution is 2.44. The van der Waals surface area contributed by atoms with Crippen LogP contribution in [0.3, 0.4) is 0 Å². The molecule has 1 saturated heterocycles. The van der Waals surface area contributed by atoms with Gasteiger partial charge in [-0.2, -0.15) is 0 Å². The molecule has 1 aliphatic rings. The molecule has 3 heterocycles. The van der Waals surface area contributed by atoms with E-state index in [4.69, 9.17) is 21.9 Å². The van der Waals surface area contributed by atoms with E-state index in [9.17, 15) is 4.79 Å². The molecule has 0 aliphatic carbocycles. The maximum Gasteiger partial charge on any atom is 0.250 e. The third-order valence-electron chi connectivity index (χ3n) is 7.28. The highest BCUT2D eigenvalue weighted by atomic mass is 32.1. The van der Waals surface area contributed by atoms with Crippen LogP contribution in [0, 0.1) is 27.7 Å². The number of amides is 1. The van der Waals surface area contributed by atoms with Crippen LogP contribution >= 0.6 is 12.2 Å². The first kappa shape index (κ1) is 26.6. The van der Waals surface area contributed by atoms with Gasteiger partial charge in [0.1, 0.15) is 6.61 Å². The van der Waals surface area contributed by atoms with Crippen LogP contribution in [0.1, 0.15) is 45.9 Å². The van der Waals surface area contributed by atoms with Crippen LogP contribution in [0.4, 0.5) is 11.4 Å². The molecule has 0 bridgehead atoms. The summed E-state index contributed by atoms with van der Waals surface area (Å²) in [5, 5.41) is 7.10. The van der Waals surface area contributed by atoms with Crippen LogP contribution in [-0.2, 0) is 9.53 Å². The van der Waals surface area contributed by atoms with E-state index in [0.717, 1.165) is 34.0 Å². The fourth-order valence-electron chi connectivity index (χ4n) is 5.48. The average molecular weight is 540 g/mol. The van der Waals surface area contributed by atoms with E-state index in [1.807, 2.05) is 43.5 Å². The Morgan fingerprint density at radius 2 is 1.79 bits per heavy atom. The van der Waals surface area contributed by atoms with Gasteiger partial charge in [0.2, 0.25) is 5.91 Å². The molecule has 2 N–H and O–H groups in total. The molecule has 0 radical (unpaired) electrons. The Labute approximate surface area is 234 Å². The molecular formula is C31H33N5O2S. The SMILES string of the molecule is COCC(=O)Nc1ccc(N2C(=S)N[C@@H](c3ccccn3)[C@@H]2c2cc(C)n(-c3ccccc3C)c2C)cc1C. The second kappa shape index (κ2) is 11.0. The van der Waals surface area contributed by atoms with Crippen LogP contribution in [0.2, 0.25) is 0 Å². The van der Waals surface area contributed by atoms with E-state index >= 15 is 0 Å². The van der Waals surface area contributed by atoms with Crippen molar-refractivity contribution in [3.63, 3.8) is 0 Å². The third-order valence-corrected chi connectivity index (χ3v) is 7.60. The van der Waals surface area contributed by atoms with Gasteiger partial charge in [0.25, 0.3) is 0 Å². The first-order chi connectivity index (χ1) is 18.8. The second-order valence-corrected chi connectivity index (χ2v) is 10.3. The number of methoxy groups -OCH3 is 1. The lowest BCUT2D eigenvalue weighted by molar-refractivity contribution is -0.119. The van der Waals surface area contributed by atoms with E-state index < -0.39 is 0 Å². The third kappa shape index (κ3) is 5.05. The summed E-state index contributed by atoms with van der Waals surface area (Å²) in [6, 6.07) is 22.4. The van der Waals surface area contributed by atoms with Crippen molar-refractivity contribution < 1.29 is 9.53 Å². The predicted octanol–water partition coefficient (Wildman–Crippen LogP) is 5.87. The van der Waals surface area contributed by atoms with Crippen molar-refractivity contribution in [3.8, 4) is 5.69 Å². The van der Waals surface area contributed by atoms with Gasteiger partial charge in [-0.05, 0) is 99.1 Å². The minimum atomic E-state index is -0.191. The average Bonchev–Trinajstić information content (AvgIpc) is 3.41. The first-order valence-electron chi connectivity index (χ1n) is 12.9. The van der Waals surface area contributed by atoms with Gasteiger partial charge in [0, 0.05) is 41.8 Å². The van der Waals surface area contributed by atoms with Crippen molar-refractivity contribution in [1.29, 1.82) is 0 Å². The molecular weight excluding hydrogens is 506 g/mol. The molecule has 2 atom stereocenters. The number of pyridine rings is 1. The normalized spacial score (nSPS) is 16.8. The Balaban J connectivity index is 1.62. The van der Waals surface area contributed by atoms with Gasteiger partial charge in [0.05, 0.1) is 17.8 Å². The Hall–Kier alpha value is -4.01. The van der Waals surface area contributed by atoms with Gasteiger partial charge in [-0.25, -0.2) is 0 Å². The predicted molar refractivity (Wildman–Crippen MR) is 160 cm³/mol. The van der Waals surface area contributed by atoms with Gasteiger partial charge in [0.15, 0.2) is 5.11 Å². The Bertz CT molecular complexity index is 1530. The molecule has 7 nitrogen and oxygen atoms in total. The fourth-order valence-corrected chi connectivity index (χ4v) is 5.82. The molecule has 8 heteroatoms. The lowest BCUT2D eigenvalue weighted by Crippen LogP contribution is -2.29. The fraction of sp³-hybridized carbons (Fsp3) is 0.258. The number of ether oxygens (including phenoxy) is 1. The van der Waals surface area contributed by atoms with Gasteiger partial charge in [-0.3, -0.25) is 9.78 Å². The molecule has 39 heavy (non-hydrogen) atoms. The van der Waals surface area contributed by atoms with Crippen molar-refractivity contribution >= 4 is 34.6 Å². The lowest BCUT2D eigenvalue weighted by Gasteiger charge is -2.29. The number of nitrogens with zero attached hydrogens (tertiary/aromatic N) is 3. The molecule has 4 aromatic rings. The maximum atomic E-state index is 12.1. The summed E-state index contributed by atoms with van der Waals surface area (Å²) in [5.74, 6) is -0.191. The van der Waals surface area contributed by atoms with Gasteiger partial charge in [-0.15, -0.1) is 0 Å². The smallest absolute Gasteiger partial charge is 0.250 e. The van der Waals surface area contributed by atoms with E-state index in [2.05, 4.69) is 77.3 Å². The molecule has 2 aromatic carbocycles. The summed E-state index contributed by atoms with van der Waals surface area (Å²) in [6.07, 6.45) is 1.82. The topological polar surface area (TPSA) is 71.4 Å². The summed E-state index contributed by atoms with van der Waals surface area (Å²) in [4.78, 5) is 19.0. The molecule has 1 amide bonds. The maximum absolute atomic E-state index is 12.1. The number of anilines is 2. The van der Waals surface area contributed by atoms with E-state index in [-0.39, 0.29) is 24.6 Å². The zero-order valence-electron chi connectivity index (χ0n) is 22.9. The molecule has 1 fully saturated rings. The summed E-state index contributed by atoms with van der Waals surface area (Å²) in [7, 11) is 1.51. The van der Waals surface area contributed by atoms with Crippen molar-refractivity contribution in [2.24, 2.45) is 0 Å². The Kier molecular flexibility index (Phi) is 7.50. The number of carbonyl (C=O) groups is 1. The van der Waals surface area contributed by atoms with Crippen LogP contribution in [-0.4, -0.2) is 34.3 Å². The largest absolute Gasteiger partial charge is 0.375 e. The molecule has 0 spiro atoms. The first-order valence-corrected chi connectivity index (χ1v) is 13.4. The number of thiocarbonyl (C=S) groups is 1. The molecule has 0 unspecified atom stereocenters. The highest BCUT2D eigenvalue weighted by molar-refractivity contribution is 7.80. The minimum Gasteiger partial charge on any atom is -0.375 e. The number of hydrogen-bond donors (Lipinski definition) is 2. The summed E-state index contributed by atoms with van der Waals surface area (Å²) in [6.45, 7) is 8.44. The zero-order valence-corrected chi connectivity index (χ0v) is 23.7. The van der Waals surface area contributed by atoms with Crippen molar-refractivity contribution in [3.05, 3.63) is 107 Å². The van der Waals surface area contributed by atoms with Gasteiger partial charge in [-0.1, -0.05) is 24.3 Å². The number of nitrogens with one attached hydrogen (secondary N) is 2. The number of para-hydroxylation sites is 1. The summed E-state index contributed by atoms with van der Waals surface area (Å²) in [5.41, 5.74) is 9.41. The standard InChI is InChI=1S/C31H33N5O2S/c1-19-10-6-7-12-27(19)35-21(3)17-24(22(35)4)30-29(26-11-8-9-15-32-26)34-31(39)36(30)23-13-14-25(20(2)16-23)33-28(37)18-38-5/h6-17,29-30H,18H2,1-5H3,(H,33,37)(H,34,39)/t29-,30-/m0/s1. The van der Waals surface area contributed by atoms with Crippen molar-refractivity contribution in [2.75, 3.05) is 23.9 Å². The molecule has 200 valence electrons. The number of rotatable bonds is 7.